The maximum Gasteiger partial charge on any atom is 0.253 e. The Labute approximate surface area is 111 Å². The first kappa shape index (κ1) is 14.4. The molecule has 0 saturated carbocycles. The van der Waals surface area contributed by atoms with Crippen LogP contribution in [0.15, 0.2) is 23.1 Å². The summed E-state index contributed by atoms with van der Waals surface area (Å²) in [6, 6.07) is 5.30. The highest BCUT2D eigenvalue weighted by atomic mass is 35.5. The maximum atomic E-state index is 11.9. The number of carbonyl (C=O) groups excluding carboxylic acids is 1. The summed E-state index contributed by atoms with van der Waals surface area (Å²) >= 11 is 7.55. The number of amides is 1. The van der Waals surface area contributed by atoms with E-state index in [-0.39, 0.29) is 18.6 Å². The molecule has 5 heteroatoms. The molecule has 1 aromatic carbocycles. The molecule has 0 spiro atoms. The van der Waals surface area contributed by atoms with Crippen LogP contribution < -0.4 is 5.32 Å². The molecule has 0 bridgehead atoms. The van der Waals surface area contributed by atoms with Gasteiger partial charge in [0.2, 0.25) is 0 Å². The standard InChI is InChI=1S/C12H16ClNO2S/c1-8(5-6-15)14-12(16)10-7-9(17-2)3-4-11(10)13/h3-4,7-8,15H,5-6H2,1-2H3,(H,14,16). The Morgan fingerprint density at radius 3 is 2.88 bits per heavy atom. The number of aliphatic hydroxyl groups excluding tert-OH is 1. The van der Waals surface area contributed by atoms with E-state index in [0.717, 1.165) is 4.90 Å². The molecule has 1 atom stereocenters. The molecule has 1 rings (SSSR count). The first-order chi connectivity index (χ1) is 8.08. The minimum absolute atomic E-state index is 0.0556. The average Bonchev–Trinajstić information content (AvgIpc) is 2.29. The zero-order valence-corrected chi connectivity index (χ0v) is 11.4. The van der Waals surface area contributed by atoms with Gasteiger partial charge in [-0.15, -0.1) is 11.8 Å². The molecule has 0 radical (unpaired) electrons. The van der Waals surface area contributed by atoms with Crippen molar-refractivity contribution >= 4 is 29.3 Å². The molecule has 1 aromatic rings. The summed E-state index contributed by atoms with van der Waals surface area (Å²) in [4.78, 5) is 12.9. The van der Waals surface area contributed by atoms with Gasteiger partial charge in [0, 0.05) is 17.5 Å². The van der Waals surface area contributed by atoms with Crippen molar-refractivity contribution < 1.29 is 9.90 Å². The molecule has 0 aliphatic carbocycles. The minimum Gasteiger partial charge on any atom is -0.396 e. The van der Waals surface area contributed by atoms with Gasteiger partial charge in [0.1, 0.15) is 0 Å². The Balaban J connectivity index is 2.80. The van der Waals surface area contributed by atoms with Gasteiger partial charge in [-0.25, -0.2) is 0 Å². The highest BCUT2D eigenvalue weighted by Crippen LogP contribution is 2.23. The van der Waals surface area contributed by atoms with E-state index >= 15 is 0 Å². The van der Waals surface area contributed by atoms with Gasteiger partial charge in [-0.05, 0) is 37.8 Å². The third kappa shape index (κ3) is 4.22. The third-order valence-corrected chi connectivity index (χ3v) is 3.41. The summed E-state index contributed by atoms with van der Waals surface area (Å²) in [6.45, 7) is 1.90. The monoisotopic (exact) mass is 273 g/mol. The minimum atomic E-state index is -0.202. The quantitative estimate of drug-likeness (QED) is 0.811. The van der Waals surface area contributed by atoms with Gasteiger partial charge in [-0.1, -0.05) is 11.6 Å². The Kier molecular flexibility index (Phi) is 5.82. The van der Waals surface area contributed by atoms with Crippen molar-refractivity contribution in [2.45, 2.75) is 24.3 Å². The lowest BCUT2D eigenvalue weighted by Crippen LogP contribution is -2.33. The zero-order chi connectivity index (χ0) is 12.8. The summed E-state index contributed by atoms with van der Waals surface area (Å²) in [5.41, 5.74) is 0.475. The van der Waals surface area contributed by atoms with Crippen molar-refractivity contribution in [3.63, 3.8) is 0 Å². The van der Waals surface area contributed by atoms with Crippen molar-refractivity contribution in [2.75, 3.05) is 12.9 Å². The predicted octanol–water partition coefficient (Wildman–Crippen LogP) is 2.56. The summed E-state index contributed by atoms with van der Waals surface area (Å²) in [7, 11) is 0. The van der Waals surface area contributed by atoms with E-state index in [1.165, 1.54) is 0 Å². The Bertz CT molecular complexity index is 398. The second-order valence-corrected chi connectivity index (χ2v) is 5.02. The number of hydrogen-bond acceptors (Lipinski definition) is 3. The van der Waals surface area contributed by atoms with Gasteiger partial charge < -0.3 is 10.4 Å². The SMILES string of the molecule is CSc1ccc(Cl)c(C(=O)NC(C)CCO)c1. The molecule has 1 unspecified atom stereocenters. The van der Waals surface area contributed by atoms with E-state index in [4.69, 9.17) is 16.7 Å². The number of thioether (sulfide) groups is 1. The molecule has 0 aromatic heterocycles. The second kappa shape index (κ2) is 6.89. The van der Waals surface area contributed by atoms with Gasteiger partial charge in [0.15, 0.2) is 0 Å². The van der Waals surface area contributed by atoms with Gasteiger partial charge in [-0.3, -0.25) is 4.79 Å². The van der Waals surface area contributed by atoms with E-state index in [0.29, 0.717) is 17.0 Å². The smallest absolute Gasteiger partial charge is 0.253 e. The fraction of sp³-hybridized carbons (Fsp3) is 0.417. The number of rotatable bonds is 5. The van der Waals surface area contributed by atoms with Crippen LogP contribution in [0.5, 0.6) is 0 Å². The molecule has 17 heavy (non-hydrogen) atoms. The molecule has 2 N–H and O–H groups in total. The second-order valence-electron chi connectivity index (χ2n) is 3.73. The molecule has 0 saturated heterocycles. The van der Waals surface area contributed by atoms with E-state index in [1.807, 2.05) is 19.2 Å². The van der Waals surface area contributed by atoms with E-state index in [1.54, 1.807) is 23.9 Å². The van der Waals surface area contributed by atoms with Gasteiger partial charge in [0.05, 0.1) is 10.6 Å². The lowest BCUT2D eigenvalue weighted by molar-refractivity contribution is 0.0934. The number of aliphatic hydroxyl groups is 1. The van der Waals surface area contributed by atoms with E-state index in [2.05, 4.69) is 5.32 Å². The number of carbonyl (C=O) groups is 1. The summed E-state index contributed by atoms with van der Waals surface area (Å²) in [5.74, 6) is -0.202. The van der Waals surface area contributed by atoms with Crippen LogP contribution in [0.2, 0.25) is 5.02 Å². The zero-order valence-electron chi connectivity index (χ0n) is 9.87. The van der Waals surface area contributed by atoms with Crippen molar-refractivity contribution in [3.8, 4) is 0 Å². The van der Waals surface area contributed by atoms with Gasteiger partial charge in [-0.2, -0.15) is 0 Å². The first-order valence-corrected chi connectivity index (χ1v) is 6.94. The molecule has 94 valence electrons. The predicted molar refractivity (Wildman–Crippen MR) is 71.9 cm³/mol. The van der Waals surface area contributed by atoms with Gasteiger partial charge in [0.25, 0.3) is 5.91 Å². The molecular weight excluding hydrogens is 258 g/mol. The largest absolute Gasteiger partial charge is 0.396 e. The van der Waals surface area contributed by atoms with Crippen LogP contribution in [-0.2, 0) is 0 Å². The highest BCUT2D eigenvalue weighted by Gasteiger charge is 2.13. The van der Waals surface area contributed by atoms with Crippen molar-refractivity contribution in [2.24, 2.45) is 0 Å². The van der Waals surface area contributed by atoms with E-state index in [9.17, 15) is 4.79 Å². The Morgan fingerprint density at radius 1 is 1.59 bits per heavy atom. The van der Waals surface area contributed by atoms with Crippen LogP contribution >= 0.6 is 23.4 Å². The fourth-order valence-electron chi connectivity index (χ4n) is 1.37. The van der Waals surface area contributed by atoms with Crippen LogP contribution in [0, 0.1) is 0 Å². The number of nitrogens with one attached hydrogen (secondary N) is 1. The molecule has 0 fully saturated rings. The average molecular weight is 274 g/mol. The van der Waals surface area contributed by atoms with Crippen molar-refractivity contribution in [3.05, 3.63) is 28.8 Å². The molecule has 3 nitrogen and oxygen atoms in total. The maximum absolute atomic E-state index is 11.9. The first-order valence-electron chi connectivity index (χ1n) is 5.33. The summed E-state index contributed by atoms with van der Waals surface area (Å²) in [5, 5.41) is 12.0. The number of halogens is 1. The van der Waals surface area contributed by atoms with E-state index < -0.39 is 0 Å². The lowest BCUT2D eigenvalue weighted by Gasteiger charge is -2.13. The lowest BCUT2D eigenvalue weighted by atomic mass is 10.2. The highest BCUT2D eigenvalue weighted by molar-refractivity contribution is 7.98. The van der Waals surface area contributed by atoms with Crippen LogP contribution in [0.3, 0.4) is 0 Å². The summed E-state index contributed by atoms with van der Waals surface area (Å²) in [6.07, 6.45) is 2.48. The van der Waals surface area contributed by atoms with Crippen LogP contribution in [0.25, 0.3) is 0 Å². The number of hydrogen-bond donors (Lipinski definition) is 2. The normalized spacial score (nSPS) is 12.2. The van der Waals surface area contributed by atoms with Gasteiger partial charge >= 0.3 is 0 Å². The van der Waals surface area contributed by atoms with Crippen molar-refractivity contribution in [1.82, 2.24) is 5.32 Å². The molecule has 1 amide bonds. The van der Waals surface area contributed by atoms with Crippen LogP contribution in [-0.4, -0.2) is 29.9 Å². The van der Waals surface area contributed by atoms with Crippen LogP contribution in [0.4, 0.5) is 0 Å². The summed E-state index contributed by atoms with van der Waals surface area (Å²) < 4.78 is 0. The van der Waals surface area contributed by atoms with Crippen LogP contribution in [0.1, 0.15) is 23.7 Å². The topological polar surface area (TPSA) is 49.3 Å². The Morgan fingerprint density at radius 2 is 2.29 bits per heavy atom. The molecule has 0 aliphatic heterocycles. The van der Waals surface area contributed by atoms with Crippen molar-refractivity contribution in [1.29, 1.82) is 0 Å². The fourth-order valence-corrected chi connectivity index (χ4v) is 2.02. The number of benzene rings is 1. The molecular formula is C12H16ClNO2S. The third-order valence-electron chi connectivity index (χ3n) is 2.36. The molecule has 0 aliphatic rings. The molecule has 0 heterocycles. The Hall–Kier alpha value is -0.710.